The molecular formula is C47H91NO9. The molecule has 2 aliphatic rings. The van der Waals surface area contributed by atoms with Crippen LogP contribution in [0.15, 0.2) is 0 Å². The first-order valence-electron chi connectivity index (χ1n) is 24.0. The first-order chi connectivity index (χ1) is 27.4. The number of rotatable bonds is 38. The van der Waals surface area contributed by atoms with Crippen LogP contribution < -0.4 is 0 Å². The number of carbonyl (C=O) groups is 2. The molecule has 2 aliphatic carbocycles. The Morgan fingerprint density at radius 2 is 1.16 bits per heavy atom. The van der Waals surface area contributed by atoms with Crippen LogP contribution in [0.25, 0.3) is 0 Å². The molecule has 0 aliphatic heterocycles. The number of nitrogens with zero attached hydrogens (tertiary/aromatic N) is 1. The smallest absolute Gasteiger partial charge is 0.324 e. The Hall–Kier alpha value is -1.30. The van der Waals surface area contributed by atoms with E-state index in [1.54, 1.807) is 0 Å². The maximum atomic E-state index is 12.9. The van der Waals surface area contributed by atoms with Crippen molar-refractivity contribution in [2.75, 3.05) is 32.8 Å². The van der Waals surface area contributed by atoms with Crippen molar-refractivity contribution in [1.29, 1.82) is 0 Å². The van der Waals surface area contributed by atoms with Gasteiger partial charge in [-0.25, -0.2) is 0 Å². The second-order valence-corrected chi connectivity index (χ2v) is 18.1. The number of esters is 1. The van der Waals surface area contributed by atoms with Gasteiger partial charge in [0.2, 0.25) is 0 Å². The maximum absolute atomic E-state index is 12.9. The molecule has 0 aromatic heterocycles. The van der Waals surface area contributed by atoms with Gasteiger partial charge in [0.25, 0.3) is 6.47 Å². The Kier molecular flexibility index (Phi) is 32.4. The zero-order valence-corrected chi connectivity index (χ0v) is 37.2. The number of unbranched alkanes of at least 4 members (excludes halogenated alkanes) is 14. The third kappa shape index (κ3) is 30.4. The molecule has 2 rings (SSSR count). The zero-order valence-electron chi connectivity index (χ0n) is 37.2. The van der Waals surface area contributed by atoms with E-state index in [9.17, 15) is 30.0 Å². The summed E-state index contributed by atoms with van der Waals surface area (Å²) in [5.41, 5.74) is 0. The molecular weight excluding hydrogens is 723 g/mol. The molecule has 2 fully saturated rings. The second kappa shape index (κ2) is 34.4. The fraction of sp³-hybridized carbons (Fsp3) is 0.957. The molecule has 338 valence electrons. The van der Waals surface area contributed by atoms with Crippen LogP contribution in [-0.2, 0) is 19.1 Å². The van der Waals surface area contributed by atoms with E-state index in [-0.39, 0.29) is 37.8 Å². The molecule has 10 nitrogen and oxygen atoms in total. The van der Waals surface area contributed by atoms with Gasteiger partial charge in [-0.1, -0.05) is 149 Å². The van der Waals surface area contributed by atoms with E-state index in [1.165, 1.54) is 116 Å². The van der Waals surface area contributed by atoms with Crippen molar-refractivity contribution in [3.8, 4) is 0 Å². The van der Waals surface area contributed by atoms with Gasteiger partial charge in [0.15, 0.2) is 5.79 Å². The van der Waals surface area contributed by atoms with Crippen molar-refractivity contribution in [1.82, 2.24) is 4.90 Å². The van der Waals surface area contributed by atoms with Crippen LogP contribution in [0.2, 0.25) is 0 Å². The molecule has 2 unspecified atom stereocenters. The standard InChI is InChI=1S/C32H61NO9.C15H30/c1-2-3-4-5-6-8-18-29(25-28-16-15-17-28)30(36)41-26-31(37,38)19-10-12-22-33(23-13-14-24-34)21-11-7-9-20-32(39,40)42-27-35;1-3-4-5-6-7-8-10-14(2)13-15-11-9-12-15/h27-29,34,37-40H,2-26H2,1H3;14-15H,3-13H2,1-2H3. The molecule has 57 heavy (non-hydrogen) atoms. The molecule has 0 spiro atoms. The van der Waals surface area contributed by atoms with Crippen molar-refractivity contribution in [2.24, 2.45) is 23.7 Å². The molecule has 0 aromatic rings. The average Bonchev–Trinajstić information content (AvgIpc) is 3.14. The molecule has 10 heteroatoms. The van der Waals surface area contributed by atoms with Crippen molar-refractivity contribution in [3.63, 3.8) is 0 Å². The zero-order chi connectivity index (χ0) is 42.0. The Bertz CT molecular complexity index is 940. The molecule has 0 saturated heterocycles. The fourth-order valence-corrected chi connectivity index (χ4v) is 8.23. The summed E-state index contributed by atoms with van der Waals surface area (Å²) in [5, 5.41) is 49.1. The van der Waals surface area contributed by atoms with Gasteiger partial charge in [0.05, 0.1) is 5.92 Å². The van der Waals surface area contributed by atoms with Gasteiger partial charge in [0, 0.05) is 19.4 Å². The number of aliphatic hydroxyl groups excluding tert-OH is 1. The summed E-state index contributed by atoms with van der Waals surface area (Å²) in [6.45, 7) is 9.04. The van der Waals surface area contributed by atoms with Crippen LogP contribution in [0, 0.1) is 23.7 Å². The van der Waals surface area contributed by atoms with Crippen molar-refractivity contribution in [2.45, 2.75) is 232 Å². The normalized spacial score (nSPS) is 16.0. The summed E-state index contributed by atoms with van der Waals surface area (Å²) in [6.07, 6.45) is 33.5. The summed E-state index contributed by atoms with van der Waals surface area (Å²) in [4.78, 5) is 25.4. The first-order valence-corrected chi connectivity index (χ1v) is 24.0. The van der Waals surface area contributed by atoms with Gasteiger partial charge < -0.3 is 39.9 Å². The minimum absolute atomic E-state index is 0.0184. The van der Waals surface area contributed by atoms with E-state index >= 15 is 0 Å². The number of hydrogen-bond acceptors (Lipinski definition) is 10. The molecule has 0 amide bonds. The van der Waals surface area contributed by atoms with E-state index in [4.69, 9.17) is 9.84 Å². The molecule has 0 radical (unpaired) electrons. The molecule has 0 bridgehead atoms. The van der Waals surface area contributed by atoms with Crippen LogP contribution in [-0.4, -0.2) is 87.5 Å². The van der Waals surface area contributed by atoms with Gasteiger partial charge in [-0.15, -0.1) is 0 Å². The quantitative estimate of drug-likeness (QED) is 0.0176. The van der Waals surface area contributed by atoms with E-state index < -0.39 is 18.4 Å². The number of ether oxygens (including phenoxy) is 2. The predicted octanol–water partition coefficient (Wildman–Crippen LogP) is 9.95. The third-order valence-corrected chi connectivity index (χ3v) is 12.4. The van der Waals surface area contributed by atoms with Gasteiger partial charge in [-0.3, -0.25) is 9.59 Å². The van der Waals surface area contributed by atoms with Crippen LogP contribution in [0.5, 0.6) is 0 Å². The van der Waals surface area contributed by atoms with Gasteiger partial charge in [0.1, 0.15) is 6.61 Å². The summed E-state index contributed by atoms with van der Waals surface area (Å²) in [7, 11) is 0. The monoisotopic (exact) mass is 814 g/mol. The molecule has 2 saturated carbocycles. The minimum atomic E-state index is -2.43. The Morgan fingerprint density at radius 3 is 1.70 bits per heavy atom. The Morgan fingerprint density at radius 1 is 0.667 bits per heavy atom. The highest BCUT2D eigenvalue weighted by atomic mass is 16.8. The van der Waals surface area contributed by atoms with Crippen LogP contribution >= 0.6 is 0 Å². The third-order valence-electron chi connectivity index (χ3n) is 12.4. The van der Waals surface area contributed by atoms with Crippen LogP contribution in [0.3, 0.4) is 0 Å². The highest BCUT2D eigenvalue weighted by molar-refractivity contribution is 5.72. The van der Waals surface area contributed by atoms with E-state index in [0.29, 0.717) is 25.2 Å². The van der Waals surface area contributed by atoms with Crippen molar-refractivity contribution >= 4 is 12.4 Å². The lowest BCUT2D eigenvalue weighted by Crippen LogP contribution is -2.37. The topological polar surface area (TPSA) is 157 Å². The highest BCUT2D eigenvalue weighted by Gasteiger charge is 2.31. The van der Waals surface area contributed by atoms with Gasteiger partial charge >= 0.3 is 11.9 Å². The van der Waals surface area contributed by atoms with E-state index in [0.717, 1.165) is 82.8 Å². The first kappa shape index (κ1) is 53.7. The number of aliphatic hydroxyl groups is 5. The predicted molar refractivity (Wildman–Crippen MR) is 230 cm³/mol. The van der Waals surface area contributed by atoms with E-state index in [1.807, 2.05) is 0 Å². The largest absolute Gasteiger partial charge is 0.460 e. The second-order valence-electron chi connectivity index (χ2n) is 18.1. The molecule has 2 atom stereocenters. The van der Waals surface area contributed by atoms with Crippen LogP contribution in [0.1, 0.15) is 220 Å². The lowest BCUT2D eigenvalue weighted by Gasteiger charge is -2.29. The molecule has 0 heterocycles. The van der Waals surface area contributed by atoms with Crippen molar-refractivity contribution < 1.29 is 44.6 Å². The summed E-state index contributed by atoms with van der Waals surface area (Å²) >= 11 is 0. The SMILES string of the molecule is CCCCCCCCC(C)CC1CCC1.CCCCCCCCC(CC1CCC1)C(=O)OCC(O)(O)CCCCN(CCCCO)CCCCCC(O)(O)OC=O. The fourth-order valence-electron chi connectivity index (χ4n) is 8.23. The minimum Gasteiger partial charge on any atom is -0.460 e. The summed E-state index contributed by atoms with van der Waals surface area (Å²) < 4.78 is 9.69. The van der Waals surface area contributed by atoms with Crippen molar-refractivity contribution in [3.05, 3.63) is 0 Å². The Balaban J connectivity index is 0.000000900. The Labute approximate surface area is 349 Å². The summed E-state index contributed by atoms with van der Waals surface area (Å²) in [6, 6.07) is 0. The summed E-state index contributed by atoms with van der Waals surface area (Å²) in [5.74, 6) is -2.23. The maximum Gasteiger partial charge on any atom is 0.324 e. The average molecular weight is 814 g/mol. The lowest BCUT2D eigenvalue weighted by atomic mass is 9.78. The number of carbonyl (C=O) groups excluding carboxylic acids is 2. The number of hydrogen-bond donors (Lipinski definition) is 5. The lowest BCUT2D eigenvalue weighted by molar-refractivity contribution is -0.315. The highest BCUT2D eigenvalue weighted by Crippen LogP contribution is 2.35. The van der Waals surface area contributed by atoms with Gasteiger partial charge in [-0.2, -0.15) is 0 Å². The van der Waals surface area contributed by atoms with Crippen LogP contribution in [0.4, 0.5) is 0 Å². The van der Waals surface area contributed by atoms with E-state index in [2.05, 4.69) is 30.4 Å². The van der Waals surface area contributed by atoms with Gasteiger partial charge in [-0.05, 0) is 95.2 Å². The molecule has 5 N–H and O–H groups in total. The molecule has 0 aromatic carbocycles.